The molecule has 44 heavy (non-hydrogen) atoms. The smallest absolute Gasteiger partial charge is 0.308 e. The predicted molar refractivity (Wildman–Crippen MR) is 168 cm³/mol. The molecule has 0 bridgehead atoms. The van der Waals surface area contributed by atoms with E-state index in [9.17, 15) is 14.7 Å². The zero-order valence-electron chi connectivity index (χ0n) is 25.9. The van der Waals surface area contributed by atoms with Crippen LogP contribution in [-0.4, -0.2) is 26.5 Å². The number of rotatable bonds is 7. The van der Waals surface area contributed by atoms with Gasteiger partial charge in [0.1, 0.15) is 36.0 Å². The third kappa shape index (κ3) is 5.30. The Kier molecular flexibility index (Phi) is 8.08. The molecule has 2 atom stereocenters. The number of hydrogen-bond donors (Lipinski definition) is 1. The maximum absolute atomic E-state index is 12.8. The van der Waals surface area contributed by atoms with Gasteiger partial charge in [-0.1, -0.05) is 83.0 Å². The van der Waals surface area contributed by atoms with Crippen LogP contribution in [0.4, 0.5) is 0 Å². The lowest BCUT2D eigenvalue weighted by Crippen LogP contribution is -2.52. The number of allylic oxidation sites excluding steroid dienone is 1. The molecule has 7 heteroatoms. The number of aliphatic hydroxyl groups excluding tert-OH is 1. The van der Waals surface area contributed by atoms with E-state index in [1.54, 1.807) is 13.0 Å². The summed E-state index contributed by atoms with van der Waals surface area (Å²) in [5.41, 5.74) is 5.19. The Morgan fingerprint density at radius 2 is 1.57 bits per heavy atom. The molecule has 1 fully saturated rings. The lowest BCUT2D eigenvalue weighted by atomic mass is 9.71. The molecule has 1 N–H and O–H groups in total. The van der Waals surface area contributed by atoms with Crippen LogP contribution >= 0.6 is 0 Å². The van der Waals surface area contributed by atoms with E-state index >= 15 is 0 Å². The van der Waals surface area contributed by atoms with Gasteiger partial charge in [0.05, 0.1) is 5.41 Å². The van der Waals surface area contributed by atoms with Crippen LogP contribution in [0.3, 0.4) is 0 Å². The fourth-order valence-electron chi connectivity index (χ4n) is 6.99. The summed E-state index contributed by atoms with van der Waals surface area (Å²) in [6.45, 7) is 8.22. The van der Waals surface area contributed by atoms with Gasteiger partial charge in [0.25, 0.3) is 0 Å². The molecule has 0 saturated heterocycles. The standard InChI is InChI=1S/C37H39N3O4/c1-24-21-25(2)33(26(3)22-24)40-36(29(41)17-12-20-37(4)30(42)18-11-19-31(37)43)39-32(38-40)23-44-35(28-15-9-6-10-16-28)34(39)27-13-7-5-8-14-27/h5-10,13-17,21-22,34-35H,11-12,18-20,23H2,1-4H3/p+1/b29-17+/t34-,35+/m0/s1. The number of ketones is 2. The van der Waals surface area contributed by atoms with Crippen LogP contribution in [0, 0.1) is 26.2 Å². The molecule has 226 valence electrons. The van der Waals surface area contributed by atoms with Crippen LogP contribution in [-0.2, 0) is 20.9 Å². The molecule has 4 aromatic rings. The molecular formula is C37H40N3O4+. The van der Waals surface area contributed by atoms with Crippen molar-refractivity contribution < 1.29 is 24.0 Å². The Labute approximate surface area is 258 Å². The Balaban J connectivity index is 1.52. The first-order chi connectivity index (χ1) is 21.2. The van der Waals surface area contributed by atoms with Crippen molar-refractivity contribution in [2.24, 2.45) is 5.41 Å². The molecular weight excluding hydrogens is 550 g/mol. The highest BCUT2D eigenvalue weighted by atomic mass is 16.5. The molecule has 7 nitrogen and oxygen atoms in total. The summed E-state index contributed by atoms with van der Waals surface area (Å²) < 4.78 is 10.5. The molecule has 0 amide bonds. The Morgan fingerprint density at radius 3 is 2.18 bits per heavy atom. The lowest BCUT2D eigenvalue weighted by Gasteiger charge is -2.31. The van der Waals surface area contributed by atoms with Gasteiger partial charge in [-0.2, -0.15) is 0 Å². The molecule has 1 saturated carbocycles. The summed E-state index contributed by atoms with van der Waals surface area (Å²) in [7, 11) is 0. The number of Topliss-reactive ketones (excluding diaryl/α,β-unsaturated/α-hetero) is 2. The van der Waals surface area contributed by atoms with Gasteiger partial charge in [0.2, 0.25) is 0 Å². The van der Waals surface area contributed by atoms with Crippen LogP contribution in [0.2, 0.25) is 0 Å². The maximum Gasteiger partial charge on any atom is 0.308 e. The van der Waals surface area contributed by atoms with Crippen LogP contribution in [0.25, 0.3) is 11.4 Å². The summed E-state index contributed by atoms with van der Waals surface area (Å²) in [6.07, 6.45) is 3.64. The van der Waals surface area contributed by atoms with E-state index in [0.29, 0.717) is 43.8 Å². The summed E-state index contributed by atoms with van der Waals surface area (Å²) >= 11 is 0. The first-order valence-electron chi connectivity index (χ1n) is 15.5. The lowest BCUT2D eigenvalue weighted by molar-refractivity contribution is -0.745. The second kappa shape index (κ2) is 12.0. The molecule has 1 aromatic heterocycles. The van der Waals surface area contributed by atoms with Crippen molar-refractivity contribution in [3.63, 3.8) is 0 Å². The first-order valence-corrected chi connectivity index (χ1v) is 15.5. The van der Waals surface area contributed by atoms with Gasteiger partial charge in [0.15, 0.2) is 5.76 Å². The van der Waals surface area contributed by atoms with E-state index in [-0.39, 0.29) is 36.1 Å². The van der Waals surface area contributed by atoms with E-state index in [2.05, 4.69) is 61.7 Å². The highest BCUT2D eigenvalue weighted by Gasteiger charge is 2.45. The highest BCUT2D eigenvalue weighted by Crippen LogP contribution is 2.38. The molecule has 6 rings (SSSR count). The highest BCUT2D eigenvalue weighted by molar-refractivity contribution is 6.08. The van der Waals surface area contributed by atoms with Crippen LogP contribution < -0.4 is 4.57 Å². The summed E-state index contributed by atoms with van der Waals surface area (Å²) in [5.74, 6) is 1.29. The number of aromatic nitrogens is 3. The normalized spacial score (nSPS) is 20.0. The zero-order chi connectivity index (χ0) is 31.0. The molecule has 1 aliphatic carbocycles. The van der Waals surface area contributed by atoms with Crippen molar-refractivity contribution in [3.05, 3.63) is 118 Å². The molecule has 0 unspecified atom stereocenters. The van der Waals surface area contributed by atoms with Crippen molar-refractivity contribution in [2.75, 3.05) is 0 Å². The van der Waals surface area contributed by atoms with Gasteiger partial charge >= 0.3 is 11.6 Å². The second-order valence-electron chi connectivity index (χ2n) is 12.4. The number of hydrogen-bond acceptors (Lipinski definition) is 5. The van der Waals surface area contributed by atoms with Gasteiger partial charge in [-0.15, -0.1) is 0 Å². The topological polar surface area (TPSA) is 85.3 Å². The zero-order valence-corrected chi connectivity index (χ0v) is 25.9. The minimum Gasteiger partial charge on any atom is -0.502 e. The van der Waals surface area contributed by atoms with Gasteiger partial charge in [0, 0.05) is 17.9 Å². The van der Waals surface area contributed by atoms with Crippen molar-refractivity contribution in [3.8, 4) is 5.69 Å². The predicted octanol–water partition coefficient (Wildman–Crippen LogP) is 6.95. The fraction of sp³-hybridized carbons (Fsp3) is 0.351. The molecule has 2 aliphatic rings. The quantitative estimate of drug-likeness (QED) is 0.143. The number of carbonyl (C=O) groups is 2. The monoisotopic (exact) mass is 590 g/mol. The number of benzene rings is 3. The minimum absolute atomic E-state index is 0.00339. The number of ether oxygens (including phenoxy) is 1. The van der Waals surface area contributed by atoms with E-state index in [1.807, 2.05) is 41.1 Å². The molecule has 0 spiro atoms. The molecule has 3 aromatic carbocycles. The largest absolute Gasteiger partial charge is 0.502 e. The minimum atomic E-state index is -1.01. The average Bonchev–Trinajstić information content (AvgIpc) is 3.39. The molecule has 2 heterocycles. The van der Waals surface area contributed by atoms with Crippen LogP contribution in [0.1, 0.15) is 90.6 Å². The second-order valence-corrected chi connectivity index (χ2v) is 12.4. The number of fused-ring (bicyclic) bond motifs is 1. The summed E-state index contributed by atoms with van der Waals surface area (Å²) in [6, 6.07) is 24.3. The van der Waals surface area contributed by atoms with Crippen molar-refractivity contribution in [1.82, 2.24) is 9.78 Å². The van der Waals surface area contributed by atoms with Crippen LogP contribution in [0.15, 0.2) is 78.9 Å². The average molecular weight is 591 g/mol. The summed E-state index contributed by atoms with van der Waals surface area (Å²) in [4.78, 5) is 25.6. The third-order valence-electron chi connectivity index (χ3n) is 9.25. The van der Waals surface area contributed by atoms with Gasteiger partial charge in [-0.25, -0.2) is 4.57 Å². The summed E-state index contributed by atoms with van der Waals surface area (Å²) in [5, 5.41) is 17.1. The Morgan fingerprint density at radius 1 is 0.977 bits per heavy atom. The van der Waals surface area contributed by atoms with Gasteiger partial charge < -0.3 is 9.84 Å². The van der Waals surface area contributed by atoms with E-state index in [0.717, 1.165) is 33.5 Å². The van der Waals surface area contributed by atoms with Crippen LogP contribution in [0.5, 0.6) is 0 Å². The van der Waals surface area contributed by atoms with Crippen molar-refractivity contribution in [2.45, 2.75) is 78.6 Å². The number of aryl methyl sites for hydroxylation is 3. The number of aliphatic hydroxyl groups is 1. The first kappa shape index (κ1) is 29.7. The van der Waals surface area contributed by atoms with E-state index < -0.39 is 5.41 Å². The molecule has 1 aliphatic heterocycles. The Hall–Kier alpha value is -4.36. The Bertz CT molecular complexity index is 1700. The van der Waals surface area contributed by atoms with E-state index in [1.165, 1.54) is 0 Å². The number of carbonyl (C=O) groups excluding carboxylic acids is 2. The number of nitrogens with zero attached hydrogens (tertiary/aromatic N) is 3. The van der Waals surface area contributed by atoms with E-state index in [4.69, 9.17) is 9.84 Å². The SMILES string of the molecule is Cc1cc(C)c(-n2nc3[n+](c2/C(O)=C\CCC2(C)C(=O)CCCC2=O)[C@@H](c2ccccc2)[C@@H](c2ccccc2)OC3)c(C)c1. The third-order valence-corrected chi connectivity index (χ3v) is 9.25. The van der Waals surface area contributed by atoms with Gasteiger partial charge in [-0.3, -0.25) is 9.59 Å². The molecule has 0 radical (unpaired) electrons. The maximum atomic E-state index is 12.8. The van der Waals surface area contributed by atoms with Crippen molar-refractivity contribution in [1.29, 1.82) is 0 Å². The van der Waals surface area contributed by atoms with Gasteiger partial charge in [-0.05, 0) is 75.3 Å². The fourth-order valence-corrected chi connectivity index (χ4v) is 6.99. The van der Waals surface area contributed by atoms with Crippen molar-refractivity contribution >= 4 is 17.3 Å².